The van der Waals surface area contributed by atoms with Gasteiger partial charge in [0.1, 0.15) is 11.5 Å². The summed E-state index contributed by atoms with van der Waals surface area (Å²) in [5.41, 5.74) is 2.76. The minimum absolute atomic E-state index is 0.180. The second kappa shape index (κ2) is 12.4. The molecule has 0 radical (unpaired) electrons. The number of ether oxygens (including phenoxy) is 4. The van der Waals surface area contributed by atoms with Crippen LogP contribution in [0.25, 0.3) is 0 Å². The third-order valence-corrected chi connectivity index (χ3v) is 5.35. The highest BCUT2D eigenvalue weighted by molar-refractivity contribution is 5.89. The van der Waals surface area contributed by atoms with Crippen molar-refractivity contribution >= 4 is 11.7 Å². The summed E-state index contributed by atoms with van der Waals surface area (Å²) in [6.45, 7) is 3.51. The number of carbonyl (C=O) groups excluding carboxylic acids is 1. The molecule has 7 nitrogen and oxygen atoms in total. The van der Waals surface area contributed by atoms with Gasteiger partial charge in [0.05, 0.1) is 27.9 Å². The summed E-state index contributed by atoms with van der Waals surface area (Å²) in [5, 5.41) is 2.99. The molecule has 0 fully saturated rings. The quantitative estimate of drug-likeness (QED) is 0.412. The Morgan fingerprint density at radius 2 is 1.44 bits per heavy atom. The second-order valence-corrected chi connectivity index (χ2v) is 7.60. The molecule has 0 spiro atoms. The smallest absolute Gasteiger partial charge is 0.322 e. The lowest BCUT2D eigenvalue weighted by atomic mass is 10.1. The van der Waals surface area contributed by atoms with Crippen molar-refractivity contribution in [3.05, 3.63) is 77.9 Å². The number of nitrogens with zero attached hydrogens (tertiary/aromatic N) is 1. The summed E-state index contributed by atoms with van der Waals surface area (Å²) < 4.78 is 21.5. The third-order valence-electron chi connectivity index (χ3n) is 5.35. The zero-order chi connectivity index (χ0) is 24.3. The van der Waals surface area contributed by atoms with E-state index in [-0.39, 0.29) is 6.03 Å². The summed E-state index contributed by atoms with van der Waals surface area (Å²) >= 11 is 0. The SMILES string of the molecule is CCOc1ccc(NC(=O)N(CCc2ccc(OC)c(OC)c2)Cc2ccc(OC)cc2)cc1. The van der Waals surface area contributed by atoms with Crippen molar-refractivity contribution in [2.24, 2.45) is 0 Å². The highest BCUT2D eigenvalue weighted by Gasteiger charge is 2.16. The van der Waals surface area contributed by atoms with Crippen LogP contribution >= 0.6 is 0 Å². The molecule has 34 heavy (non-hydrogen) atoms. The molecular formula is C27H32N2O5. The maximum absolute atomic E-state index is 13.2. The van der Waals surface area contributed by atoms with Gasteiger partial charge in [-0.1, -0.05) is 18.2 Å². The number of hydrogen-bond donors (Lipinski definition) is 1. The van der Waals surface area contributed by atoms with Gasteiger partial charge >= 0.3 is 6.03 Å². The second-order valence-electron chi connectivity index (χ2n) is 7.60. The van der Waals surface area contributed by atoms with E-state index >= 15 is 0 Å². The van der Waals surface area contributed by atoms with Gasteiger partial charge in [0.2, 0.25) is 0 Å². The van der Waals surface area contributed by atoms with Crippen LogP contribution in [-0.4, -0.2) is 45.4 Å². The zero-order valence-electron chi connectivity index (χ0n) is 20.2. The first kappa shape index (κ1) is 24.8. The molecule has 0 bridgehead atoms. The van der Waals surface area contributed by atoms with Crippen LogP contribution in [0.1, 0.15) is 18.1 Å². The first-order valence-electron chi connectivity index (χ1n) is 11.2. The molecule has 0 aliphatic rings. The van der Waals surface area contributed by atoms with Crippen molar-refractivity contribution in [3.8, 4) is 23.0 Å². The van der Waals surface area contributed by atoms with E-state index in [1.165, 1.54) is 0 Å². The van der Waals surface area contributed by atoms with Gasteiger partial charge in [-0.2, -0.15) is 0 Å². The maximum Gasteiger partial charge on any atom is 0.322 e. The number of urea groups is 1. The van der Waals surface area contributed by atoms with E-state index in [1.807, 2.05) is 73.7 Å². The van der Waals surface area contributed by atoms with E-state index in [1.54, 1.807) is 26.2 Å². The molecule has 0 heterocycles. The van der Waals surface area contributed by atoms with Gasteiger partial charge in [-0.25, -0.2) is 4.79 Å². The Bertz CT molecular complexity index is 1050. The molecule has 3 aromatic rings. The lowest BCUT2D eigenvalue weighted by Crippen LogP contribution is -2.36. The standard InChI is InChI=1S/C27H32N2O5/c1-5-34-24-13-9-22(10-14-24)28-27(30)29(19-21-6-11-23(31-2)12-7-21)17-16-20-8-15-25(32-3)26(18-20)33-4/h6-15,18H,5,16-17,19H2,1-4H3,(H,28,30). The monoisotopic (exact) mass is 464 g/mol. The summed E-state index contributed by atoms with van der Waals surface area (Å²) in [6, 6.07) is 20.7. The Balaban J connectivity index is 1.74. The molecule has 3 rings (SSSR count). The Labute approximate surface area is 201 Å². The molecule has 0 aliphatic heterocycles. The van der Waals surface area contributed by atoms with E-state index in [4.69, 9.17) is 18.9 Å². The number of anilines is 1. The number of benzene rings is 3. The van der Waals surface area contributed by atoms with Crippen LogP contribution < -0.4 is 24.3 Å². The number of nitrogens with one attached hydrogen (secondary N) is 1. The van der Waals surface area contributed by atoms with Gasteiger partial charge in [0.15, 0.2) is 11.5 Å². The van der Waals surface area contributed by atoms with E-state index in [0.717, 1.165) is 22.6 Å². The molecule has 0 aromatic heterocycles. The molecule has 2 amide bonds. The molecule has 0 saturated carbocycles. The Morgan fingerprint density at radius 3 is 2.06 bits per heavy atom. The van der Waals surface area contributed by atoms with Crippen molar-refractivity contribution in [2.75, 3.05) is 39.8 Å². The van der Waals surface area contributed by atoms with E-state index < -0.39 is 0 Å². The molecule has 7 heteroatoms. The zero-order valence-corrected chi connectivity index (χ0v) is 20.2. The fraction of sp³-hybridized carbons (Fsp3) is 0.296. The van der Waals surface area contributed by atoms with E-state index in [9.17, 15) is 4.79 Å². The Morgan fingerprint density at radius 1 is 0.794 bits per heavy atom. The highest BCUT2D eigenvalue weighted by Crippen LogP contribution is 2.28. The Kier molecular flexibility index (Phi) is 9.03. The van der Waals surface area contributed by atoms with Gasteiger partial charge < -0.3 is 29.2 Å². The number of carbonyl (C=O) groups is 1. The van der Waals surface area contributed by atoms with Crippen LogP contribution in [0.2, 0.25) is 0 Å². The predicted octanol–water partition coefficient (Wildman–Crippen LogP) is 5.39. The van der Waals surface area contributed by atoms with Gasteiger partial charge in [-0.15, -0.1) is 0 Å². The molecule has 180 valence electrons. The average molecular weight is 465 g/mol. The molecular weight excluding hydrogens is 432 g/mol. The van der Waals surface area contributed by atoms with Crippen molar-refractivity contribution in [2.45, 2.75) is 19.9 Å². The van der Waals surface area contributed by atoms with Crippen LogP contribution in [0.3, 0.4) is 0 Å². The van der Waals surface area contributed by atoms with Crippen LogP contribution in [-0.2, 0) is 13.0 Å². The van der Waals surface area contributed by atoms with Crippen LogP contribution in [0.5, 0.6) is 23.0 Å². The van der Waals surface area contributed by atoms with Crippen molar-refractivity contribution < 1.29 is 23.7 Å². The first-order valence-corrected chi connectivity index (χ1v) is 11.2. The van der Waals surface area contributed by atoms with E-state index in [0.29, 0.717) is 43.3 Å². The predicted molar refractivity (Wildman–Crippen MR) is 133 cm³/mol. The van der Waals surface area contributed by atoms with E-state index in [2.05, 4.69) is 5.32 Å². The molecule has 0 saturated heterocycles. The fourth-order valence-electron chi connectivity index (χ4n) is 3.51. The highest BCUT2D eigenvalue weighted by atomic mass is 16.5. The van der Waals surface area contributed by atoms with Gasteiger partial charge in [-0.05, 0) is 73.0 Å². The normalized spacial score (nSPS) is 10.4. The van der Waals surface area contributed by atoms with Crippen LogP contribution in [0.4, 0.5) is 10.5 Å². The van der Waals surface area contributed by atoms with Gasteiger partial charge in [0.25, 0.3) is 0 Å². The van der Waals surface area contributed by atoms with Crippen LogP contribution in [0.15, 0.2) is 66.7 Å². The topological polar surface area (TPSA) is 69.3 Å². The maximum atomic E-state index is 13.2. The Hall–Kier alpha value is -3.87. The molecule has 0 unspecified atom stereocenters. The number of amides is 2. The summed E-state index contributed by atoms with van der Waals surface area (Å²) in [5.74, 6) is 2.89. The third kappa shape index (κ3) is 6.81. The summed E-state index contributed by atoms with van der Waals surface area (Å²) in [7, 11) is 4.86. The van der Waals surface area contributed by atoms with Gasteiger partial charge in [0, 0.05) is 18.8 Å². The summed E-state index contributed by atoms with van der Waals surface area (Å²) in [6.07, 6.45) is 0.660. The molecule has 1 N–H and O–H groups in total. The number of rotatable bonds is 11. The lowest BCUT2D eigenvalue weighted by molar-refractivity contribution is 0.209. The summed E-state index contributed by atoms with van der Waals surface area (Å²) in [4.78, 5) is 15.0. The molecule has 0 atom stereocenters. The number of methoxy groups -OCH3 is 3. The minimum Gasteiger partial charge on any atom is -0.497 e. The largest absolute Gasteiger partial charge is 0.497 e. The van der Waals surface area contributed by atoms with Crippen molar-refractivity contribution in [3.63, 3.8) is 0 Å². The van der Waals surface area contributed by atoms with Crippen molar-refractivity contribution in [1.82, 2.24) is 4.90 Å². The van der Waals surface area contributed by atoms with Gasteiger partial charge in [-0.3, -0.25) is 0 Å². The average Bonchev–Trinajstić information content (AvgIpc) is 2.87. The molecule has 3 aromatic carbocycles. The first-order chi connectivity index (χ1) is 16.6. The lowest BCUT2D eigenvalue weighted by Gasteiger charge is -2.24. The fourth-order valence-corrected chi connectivity index (χ4v) is 3.51. The van der Waals surface area contributed by atoms with Crippen molar-refractivity contribution in [1.29, 1.82) is 0 Å². The van der Waals surface area contributed by atoms with Crippen LogP contribution in [0, 0.1) is 0 Å². The number of hydrogen-bond acceptors (Lipinski definition) is 5. The molecule has 0 aliphatic carbocycles. The minimum atomic E-state index is -0.180.